The van der Waals surface area contributed by atoms with Gasteiger partial charge >= 0.3 is 0 Å². The van der Waals surface area contributed by atoms with E-state index in [1.54, 1.807) is 10.1 Å². The van der Waals surface area contributed by atoms with E-state index in [9.17, 15) is 4.79 Å². The number of hydrogen-bond acceptors (Lipinski definition) is 5. The van der Waals surface area contributed by atoms with Crippen molar-refractivity contribution in [3.8, 4) is 0 Å². The molecule has 2 aromatic rings. The fourth-order valence-corrected chi connectivity index (χ4v) is 4.76. The van der Waals surface area contributed by atoms with Crippen LogP contribution < -0.4 is 10.6 Å². The quantitative estimate of drug-likeness (QED) is 0.529. The third kappa shape index (κ3) is 5.96. The highest BCUT2D eigenvalue weighted by molar-refractivity contribution is 5.76. The number of nitrogens with one attached hydrogen (secondary N) is 2. The molecule has 0 atom stereocenters. The minimum atomic E-state index is 0.0952. The summed E-state index contributed by atoms with van der Waals surface area (Å²) in [6.07, 6.45) is 19.3. The van der Waals surface area contributed by atoms with Crippen LogP contribution >= 0.6 is 0 Å². The Bertz CT molecular complexity index is 990. The first-order valence-electron chi connectivity index (χ1n) is 12.3. The van der Waals surface area contributed by atoms with Gasteiger partial charge in [0, 0.05) is 30.8 Å². The lowest BCUT2D eigenvalue weighted by atomic mass is 9.97. The maximum atomic E-state index is 12.5. The molecule has 32 heavy (non-hydrogen) atoms. The molecule has 7 nitrogen and oxygen atoms in total. The van der Waals surface area contributed by atoms with Crippen molar-refractivity contribution >= 4 is 17.5 Å². The van der Waals surface area contributed by atoms with Gasteiger partial charge in [0.25, 0.3) is 5.78 Å². The number of carbonyl (C=O) groups excluding carboxylic acids is 1. The number of aromatic nitrogens is 4. The van der Waals surface area contributed by atoms with E-state index in [0.29, 0.717) is 18.6 Å². The standard InChI is InChI=1S/C25H36N6O/c1-19-22(12-13-23(32)26-16-14-20-8-4-2-5-9-20)24(31-25(30-19)28-18-29-31)27-17-15-21-10-6-3-7-11-21/h8,10,18,27H,2-7,9,11-17H2,1H3,(H,26,32). The molecule has 172 valence electrons. The molecule has 7 heteroatoms. The number of rotatable bonds is 10. The highest BCUT2D eigenvalue weighted by atomic mass is 16.1. The normalized spacial score (nSPS) is 16.5. The number of aryl methyl sites for hydroxylation is 1. The lowest BCUT2D eigenvalue weighted by Crippen LogP contribution is -2.25. The van der Waals surface area contributed by atoms with Gasteiger partial charge in [0.1, 0.15) is 12.1 Å². The van der Waals surface area contributed by atoms with E-state index in [1.807, 2.05) is 6.92 Å². The maximum Gasteiger partial charge on any atom is 0.254 e. The van der Waals surface area contributed by atoms with Crippen LogP contribution in [0.4, 0.5) is 5.82 Å². The second-order valence-electron chi connectivity index (χ2n) is 8.99. The molecule has 2 N–H and O–H groups in total. The number of nitrogens with zero attached hydrogens (tertiary/aromatic N) is 4. The Labute approximate surface area is 190 Å². The Morgan fingerprint density at radius 3 is 2.41 bits per heavy atom. The molecule has 2 heterocycles. The summed E-state index contributed by atoms with van der Waals surface area (Å²) in [7, 11) is 0. The lowest BCUT2D eigenvalue weighted by Gasteiger charge is -2.17. The molecule has 4 rings (SSSR count). The molecule has 0 saturated heterocycles. The molecular formula is C25H36N6O. The van der Waals surface area contributed by atoms with Crippen molar-refractivity contribution in [2.45, 2.75) is 84.0 Å². The van der Waals surface area contributed by atoms with Gasteiger partial charge in [0.15, 0.2) is 0 Å². The van der Waals surface area contributed by atoms with E-state index in [1.165, 1.54) is 63.3 Å². The third-order valence-electron chi connectivity index (χ3n) is 6.61. The van der Waals surface area contributed by atoms with Crippen LogP contribution in [0, 0.1) is 6.92 Å². The van der Waals surface area contributed by atoms with Gasteiger partial charge in [0.05, 0.1) is 0 Å². The van der Waals surface area contributed by atoms with E-state index in [4.69, 9.17) is 0 Å². The molecule has 0 aromatic carbocycles. The van der Waals surface area contributed by atoms with Crippen LogP contribution in [-0.4, -0.2) is 38.6 Å². The van der Waals surface area contributed by atoms with Crippen molar-refractivity contribution in [3.05, 3.63) is 40.9 Å². The largest absolute Gasteiger partial charge is 0.369 e. The Hall–Kier alpha value is -2.70. The zero-order valence-electron chi connectivity index (χ0n) is 19.3. The molecule has 2 aliphatic carbocycles. The second-order valence-corrected chi connectivity index (χ2v) is 8.99. The predicted octanol–water partition coefficient (Wildman–Crippen LogP) is 4.67. The zero-order valence-corrected chi connectivity index (χ0v) is 19.3. The number of hydrogen-bond donors (Lipinski definition) is 2. The summed E-state index contributed by atoms with van der Waals surface area (Å²) in [4.78, 5) is 21.4. The molecule has 0 fully saturated rings. The fraction of sp³-hybridized carbons (Fsp3) is 0.600. The summed E-state index contributed by atoms with van der Waals surface area (Å²) in [6.45, 7) is 3.56. The zero-order chi connectivity index (χ0) is 22.2. The molecule has 0 unspecified atom stereocenters. The Balaban J connectivity index is 1.35. The Kier molecular flexibility index (Phi) is 7.91. The number of carbonyl (C=O) groups is 1. The summed E-state index contributed by atoms with van der Waals surface area (Å²) in [5, 5.41) is 11.0. The number of allylic oxidation sites excluding steroid dienone is 2. The molecule has 0 radical (unpaired) electrons. The second kappa shape index (κ2) is 11.2. The third-order valence-corrected chi connectivity index (χ3v) is 6.61. The van der Waals surface area contributed by atoms with Gasteiger partial charge in [-0.2, -0.15) is 14.6 Å². The molecule has 0 bridgehead atoms. The van der Waals surface area contributed by atoms with E-state index < -0.39 is 0 Å². The van der Waals surface area contributed by atoms with Gasteiger partial charge in [0.2, 0.25) is 5.91 Å². The predicted molar refractivity (Wildman–Crippen MR) is 128 cm³/mol. The van der Waals surface area contributed by atoms with E-state index in [2.05, 4.69) is 37.9 Å². The van der Waals surface area contributed by atoms with Crippen LogP contribution in [0.2, 0.25) is 0 Å². The number of anilines is 1. The summed E-state index contributed by atoms with van der Waals surface area (Å²) in [5.74, 6) is 1.61. The fourth-order valence-electron chi connectivity index (χ4n) is 4.76. The Morgan fingerprint density at radius 2 is 1.72 bits per heavy atom. The van der Waals surface area contributed by atoms with Gasteiger partial charge < -0.3 is 10.6 Å². The summed E-state index contributed by atoms with van der Waals surface area (Å²) >= 11 is 0. The number of amides is 1. The summed E-state index contributed by atoms with van der Waals surface area (Å²) < 4.78 is 1.77. The van der Waals surface area contributed by atoms with Crippen molar-refractivity contribution in [3.63, 3.8) is 0 Å². The van der Waals surface area contributed by atoms with Gasteiger partial charge in [-0.3, -0.25) is 4.79 Å². The van der Waals surface area contributed by atoms with Gasteiger partial charge in [-0.1, -0.05) is 23.3 Å². The van der Waals surface area contributed by atoms with Crippen LogP contribution in [0.3, 0.4) is 0 Å². The van der Waals surface area contributed by atoms with Crippen molar-refractivity contribution < 1.29 is 4.79 Å². The van der Waals surface area contributed by atoms with Crippen molar-refractivity contribution in [1.82, 2.24) is 24.9 Å². The minimum Gasteiger partial charge on any atom is -0.369 e. The molecule has 0 aliphatic heterocycles. The smallest absolute Gasteiger partial charge is 0.254 e. The van der Waals surface area contributed by atoms with Gasteiger partial charge in [-0.15, -0.1) is 0 Å². The van der Waals surface area contributed by atoms with Crippen LogP contribution in [0.15, 0.2) is 29.6 Å². The average Bonchev–Trinajstić information content (AvgIpc) is 3.28. The van der Waals surface area contributed by atoms with Gasteiger partial charge in [-0.05, 0) is 77.6 Å². The lowest BCUT2D eigenvalue weighted by molar-refractivity contribution is -0.121. The molecule has 0 saturated carbocycles. The van der Waals surface area contributed by atoms with Crippen molar-refractivity contribution in [2.75, 3.05) is 18.4 Å². The highest BCUT2D eigenvalue weighted by Gasteiger charge is 2.16. The Morgan fingerprint density at radius 1 is 1.00 bits per heavy atom. The van der Waals surface area contributed by atoms with E-state index in [-0.39, 0.29) is 5.91 Å². The molecular weight excluding hydrogens is 400 g/mol. The average molecular weight is 437 g/mol. The minimum absolute atomic E-state index is 0.0952. The first-order valence-corrected chi connectivity index (χ1v) is 12.3. The van der Waals surface area contributed by atoms with E-state index >= 15 is 0 Å². The topological polar surface area (TPSA) is 84.2 Å². The van der Waals surface area contributed by atoms with Crippen LogP contribution in [-0.2, 0) is 11.2 Å². The number of fused-ring (bicyclic) bond motifs is 1. The maximum absolute atomic E-state index is 12.5. The summed E-state index contributed by atoms with van der Waals surface area (Å²) in [6, 6.07) is 0. The van der Waals surface area contributed by atoms with E-state index in [0.717, 1.165) is 43.0 Å². The molecule has 0 spiro atoms. The summed E-state index contributed by atoms with van der Waals surface area (Å²) in [5.41, 5.74) is 4.99. The first-order chi connectivity index (χ1) is 15.7. The molecule has 2 aromatic heterocycles. The van der Waals surface area contributed by atoms with Crippen LogP contribution in [0.5, 0.6) is 0 Å². The van der Waals surface area contributed by atoms with Gasteiger partial charge in [-0.25, -0.2) is 4.98 Å². The van der Waals surface area contributed by atoms with Crippen molar-refractivity contribution in [2.24, 2.45) is 0 Å². The molecule has 1 amide bonds. The highest BCUT2D eigenvalue weighted by Crippen LogP contribution is 2.23. The van der Waals surface area contributed by atoms with Crippen LogP contribution in [0.25, 0.3) is 5.78 Å². The molecule has 2 aliphatic rings. The SMILES string of the molecule is Cc1nc2ncnn2c(NCCC2=CCCCC2)c1CCC(=O)NCCC1=CCCCC1. The van der Waals surface area contributed by atoms with Crippen LogP contribution in [0.1, 0.15) is 81.9 Å². The first kappa shape index (κ1) is 22.5. The monoisotopic (exact) mass is 436 g/mol. The van der Waals surface area contributed by atoms with Crippen molar-refractivity contribution in [1.29, 1.82) is 0 Å².